The molecule has 1 radical (unpaired) electrons. The van der Waals surface area contributed by atoms with Gasteiger partial charge in [-0.15, -0.1) is 0 Å². The van der Waals surface area contributed by atoms with E-state index in [2.05, 4.69) is 40.2 Å². The lowest BCUT2D eigenvalue weighted by molar-refractivity contribution is -0.156. The molecule has 221 valence electrons. The number of allylic oxidation sites excluding steroid dienone is 3. The lowest BCUT2D eigenvalue weighted by Crippen LogP contribution is -2.54. The van der Waals surface area contributed by atoms with Gasteiger partial charge < -0.3 is 9.47 Å². The maximum absolute atomic E-state index is 13.1. The molecular formula is C36H47O5. The van der Waals surface area contributed by atoms with Crippen molar-refractivity contribution < 1.29 is 23.9 Å². The first kappa shape index (κ1) is 26.8. The first-order chi connectivity index (χ1) is 19.5. The molecule has 0 bridgehead atoms. The first-order valence-corrected chi connectivity index (χ1v) is 16.6. The van der Waals surface area contributed by atoms with Gasteiger partial charge in [0, 0.05) is 30.1 Å². The summed E-state index contributed by atoms with van der Waals surface area (Å²) >= 11 is 0. The van der Waals surface area contributed by atoms with E-state index in [0.29, 0.717) is 48.3 Å². The van der Waals surface area contributed by atoms with Gasteiger partial charge in [-0.3, -0.25) is 14.4 Å². The third-order valence-electron chi connectivity index (χ3n) is 14.7. The van der Waals surface area contributed by atoms with Crippen molar-refractivity contribution in [1.29, 1.82) is 0 Å². The highest BCUT2D eigenvalue weighted by molar-refractivity contribution is 5.92. The molecule has 8 aliphatic rings. The molecule has 0 N–H and O–H groups in total. The minimum atomic E-state index is -0.465. The van der Waals surface area contributed by atoms with Crippen molar-refractivity contribution in [2.75, 3.05) is 0 Å². The van der Waals surface area contributed by atoms with Gasteiger partial charge in [0.15, 0.2) is 11.6 Å². The minimum Gasteiger partial charge on any atom is -0.461 e. The molecule has 0 aromatic carbocycles. The van der Waals surface area contributed by atoms with Gasteiger partial charge in [0.05, 0.1) is 6.10 Å². The molecule has 5 saturated carbocycles. The fourth-order valence-corrected chi connectivity index (χ4v) is 12.0. The second-order valence-corrected chi connectivity index (χ2v) is 16.4. The number of rotatable bonds is 4. The van der Waals surface area contributed by atoms with Crippen LogP contribution >= 0.6 is 0 Å². The van der Waals surface area contributed by atoms with Crippen LogP contribution in [0.3, 0.4) is 0 Å². The monoisotopic (exact) mass is 559 g/mol. The number of epoxide rings is 1. The lowest BCUT2D eigenvalue weighted by Gasteiger charge is -2.52. The third kappa shape index (κ3) is 3.42. The SMILES string of the molecule is C[C@@H]1CCC2C3CCC(=O)C=C3C[C@]3(C[C@H]3C3=CC(=O)CC[C@]3(C)[C@]34[CH][C@@H]5CC[C@](C)(OC=O)[C@@]5(C)CC3O4)C2C1. The van der Waals surface area contributed by atoms with Crippen molar-refractivity contribution in [2.45, 2.75) is 122 Å². The zero-order chi connectivity index (χ0) is 28.6. The van der Waals surface area contributed by atoms with Crippen LogP contribution in [0.5, 0.6) is 0 Å². The highest BCUT2D eigenvalue weighted by Gasteiger charge is 2.78. The summed E-state index contributed by atoms with van der Waals surface area (Å²) in [6.07, 6.45) is 18.8. The Labute approximate surface area is 245 Å². The molecule has 0 amide bonds. The van der Waals surface area contributed by atoms with E-state index in [9.17, 15) is 14.4 Å². The maximum atomic E-state index is 13.1. The van der Waals surface area contributed by atoms with E-state index in [0.717, 1.165) is 57.3 Å². The Balaban J connectivity index is 1.14. The Hall–Kier alpha value is -1.75. The number of ether oxygens (including phenoxy) is 2. The number of carbonyl (C=O) groups is 3. The van der Waals surface area contributed by atoms with Gasteiger partial charge in [0.1, 0.15) is 11.2 Å². The van der Waals surface area contributed by atoms with Crippen LogP contribution in [-0.4, -0.2) is 35.3 Å². The quantitative estimate of drug-likeness (QED) is 0.282. The van der Waals surface area contributed by atoms with Crippen LogP contribution in [0.15, 0.2) is 23.3 Å². The zero-order valence-corrected chi connectivity index (χ0v) is 25.4. The maximum Gasteiger partial charge on any atom is 0.293 e. The normalized spacial score (nSPS) is 55.2. The van der Waals surface area contributed by atoms with Gasteiger partial charge in [-0.25, -0.2) is 0 Å². The lowest BCUT2D eigenvalue weighted by atomic mass is 9.51. The molecule has 5 nitrogen and oxygen atoms in total. The van der Waals surface area contributed by atoms with Gasteiger partial charge in [-0.2, -0.15) is 0 Å². The fraction of sp³-hybridized carbons (Fsp3) is 0.778. The topological polar surface area (TPSA) is 73.0 Å². The Kier molecular flexibility index (Phi) is 5.53. The molecule has 41 heavy (non-hydrogen) atoms. The second-order valence-electron chi connectivity index (χ2n) is 16.4. The average molecular weight is 560 g/mol. The van der Waals surface area contributed by atoms with Crippen LogP contribution in [0.4, 0.5) is 0 Å². The molecule has 12 atom stereocenters. The molecule has 6 fully saturated rings. The summed E-state index contributed by atoms with van der Waals surface area (Å²) in [6, 6.07) is 0. The Morgan fingerprint density at radius 1 is 0.976 bits per heavy atom. The number of fused-ring (bicyclic) bond motifs is 6. The molecule has 1 aliphatic heterocycles. The molecule has 0 aromatic rings. The fourth-order valence-electron chi connectivity index (χ4n) is 12.0. The molecule has 1 saturated heterocycles. The molecular weight excluding hydrogens is 512 g/mol. The average Bonchev–Trinajstić information content (AvgIpc) is 3.81. The van der Waals surface area contributed by atoms with Crippen LogP contribution in [0, 0.1) is 58.2 Å². The minimum absolute atomic E-state index is 0.101. The van der Waals surface area contributed by atoms with Crippen LogP contribution in [-0.2, 0) is 23.9 Å². The van der Waals surface area contributed by atoms with E-state index >= 15 is 0 Å². The van der Waals surface area contributed by atoms with E-state index in [-0.39, 0.29) is 33.7 Å². The van der Waals surface area contributed by atoms with Gasteiger partial charge >= 0.3 is 0 Å². The Bertz CT molecular complexity index is 1280. The summed E-state index contributed by atoms with van der Waals surface area (Å²) in [5.74, 6) is 4.05. The van der Waals surface area contributed by atoms with Crippen molar-refractivity contribution in [1.82, 2.24) is 0 Å². The van der Waals surface area contributed by atoms with Crippen molar-refractivity contribution in [3.8, 4) is 0 Å². The van der Waals surface area contributed by atoms with Crippen molar-refractivity contribution in [3.05, 3.63) is 29.7 Å². The van der Waals surface area contributed by atoms with Crippen LogP contribution in [0.1, 0.15) is 105 Å². The molecule has 1 heterocycles. The summed E-state index contributed by atoms with van der Waals surface area (Å²) in [6.45, 7) is 9.87. The number of hydrogen-bond acceptors (Lipinski definition) is 5. The summed E-state index contributed by atoms with van der Waals surface area (Å²) < 4.78 is 12.6. The standard InChI is InChI=1S/C36H47O5/c1-21-5-7-27-26-8-6-24(38)14-22(26)16-35(28(27)13-21)18-30(35)29-15-25(39)10-11-32(29,2)36-17-23-9-12-34(4,40-20-37)33(23,3)19-31(36)41-36/h14-15,17,20-21,23,26-28,30-31H,5-13,16,18-19H2,1-4H3/t21-,23+,26?,27?,28?,30+,31?,32+,33+,34+,35+,36+/m1/s1. The van der Waals surface area contributed by atoms with Gasteiger partial charge in [-0.05, 0) is 118 Å². The van der Waals surface area contributed by atoms with Crippen molar-refractivity contribution in [3.63, 3.8) is 0 Å². The molecule has 5 heteroatoms. The van der Waals surface area contributed by atoms with Crippen molar-refractivity contribution in [2.24, 2.45) is 51.8 Å². The van der Waals surface area contributed by atoms with E-state index < -0.39 is 5.60 Å². The van der Waals surface area contributed by atoms with Crippen LogP contribution < -0.4 is 0 Å². The van der Waals surface area contributed by atoms with Gasteiger partial charge in [0.25, 0.3) is 6.47 Å². The predicted octanol–water partition coefficient (Wildman–Crippen LogP) is 6.74. The van der Waals surface area contributed by atoms with E-state index in [1.165, 1.54) is 30.4 Å². The van der Waals surface area contributed by atoms with Gasteiger partial charge in [0.2, 0.25) is 0 Å². The highest BCUT2D eigenvalue weighted by Crippen LogP contribution is 2.78. The number of carbonyl (C=O) groups excluding carboxylic acids is 3. The largest absolute Gasteiger partial charge is 0.461 e. The Morgan fingerprint density at radius 3 is 2.59 bits per heavy atom. The zero-order valence-electron chi connectivity index (χ0n) is 25.4. The van der Waals surface area contributed by atoms with E-state index in [4.69, 9.17) is 9.47 Å². The Morgan fingerprint density at radius 2 is 1.78 bits per heavy atom. The second kappa shape index (κ2) is 8.45. The van der Waals surface area contributed by atoms with E-state index in [1.807, 2.05) is 6.08 Å². The smallest absolute Gasteiger partial charge is 0.293 e. The number of ketones is 2. The highest BCUT2D eigenvalue weighted by atomic mass is 16.6. The van der Waals surface area contributed by atoms with Crippen LogP contribution in [0.2, 0.25) is 0 Å². The molecule has 8 rings (SSSR count). The van der Waals surface area contributed by atoms with E-state index in [1.54, 1.807) is 0 Å². The molecule has 0 aromatic heterocycles. The van der Waals surface area contributed by atoms with Gasteiger partial charge in [-0.1, -0.05) is 38.3 Å². The summed E-state index contributed by atoms with van der Waals surface area (Å²) in [7, 11) is 0. The van der Waals surface area contributed by atoms with Crippen molar-refractivity contribution >= 4 is 18.0 Å². The molecule has 1 spiro atoms. The summed E-state index contributed by atoms with van der Waals surface area (Å²) in [4.78, 5) is 37.1. The summed E-state index contributed by atoms with van der Waals surface area (Å²) in [5.41, 5.74) is 1.85. The molecule has 7 aliphatic carbocycles. The van der Waals surface area contributed by atoms with Crippen LogP contribution in [0.25, 0.3) is 0 Å². The number of hydrogen-bond donors (Lipinski definition) is 0. The third-order valence-corrected chi connectivity index (χ3v) is 14.7. The predicted molar refractivity (Wildman–Crippen MR) is 154 cm³/mol. The molecule has 4 unspecified atom stereocenters. The first-order valence-electron chi connectivity index (χ1n) is 16.6. The summed E-state index contributed by atoms with van der Waals surface area (Å²) in [5, 5.41) is 0.